The van der Waals surface area contributed by atoms with Crippen LogP contribution in [0.2, 0.25) is 0 Å². The van der Waals surface area contributed by atoms with Gasteiger partial charge in [0.15, 0.2) is 11.6 Å². The number of methoxy groups -OCH3 is 3. The predicted molar refractivity (Wildman–Crippen MR) is 165 cm³/mol. The molecule has 0 radical (unpaired) electrons. The van der Waals surface area contributed by atoms with Crippen molar-refractivity contribution in [1.82, 2.24) is 4.90 Å². The van der Waals surface area contributed by atoms with Gasteiger partial charge in [-0.1, -0.05) is 54.6 Å². The molecule has 8 heteroatoms. The highest BCUT2D eigenvalue weighted by atomic mass is 16.5. The maximum absolute atomic E-state index is 15.2. The highest BCUT2D eigenvalue weighted by Gasteiger charge is 2.71. The zero-order chi connectivity index (χ0) is 30.6. The minimum absolute atomic E-state index is 0.231. The van der Waals surface area contributed by atoms with E-state index in [0.29, 0.717) is 34.1 Å². The second-order valence-corrected chi connectivity index (χ2v) is 11.1. The van der Waals surface area contributed by atoms with E-state index in [9.17, 15) is 9.59 Å². The molecule has 0 bridgehead atoms. The van der Waals surface area contributed by atoms with Crippen LogP contribution in [0.25, 0.3) is 6.08 Å². The molecular formula is C36H30N2O6. The Morgan fingerprint density at radius 2 is 1.55 bits per heavy atom. The lowest BCUT2D eigenvalue weighted by molar-refractivity contribution is -0.122. The lowest BCUT2D eigenvalue weighted by Crippen LogP contribution is -2.49. The van der Waals surface area contributed by atoms with Crippen LogP contribution in [0.1, 0.15) is 43.4 Å². The van der Waals surface area contributed by atoms with Gasteiger partial charge < -0.3 is 24.4 Å². The van der Waals surface area contributed by atoms with Crippen LogP contribution in [0, 0.1) is 5.92 Å². The molecule has 1 saturated heterocycles. The van der Waals surface area contributed by atoms with E-state index in [1.54, 1.807) is 42.5 Å². The van der Waals surface area contributed by atoms with Gasteiger partial charge in [0, 0.05) is 17.5 Å². The second-order valence-electron chi connectivity index (χ2n) is 11.1. The van der Waals surface area contributed by atoms with Crippen molar-refractivity contribution in [3.63, 3.8) is 0 Å². The number of anilines is 1. The van der Waals surface area contributed by atoms with Crippen molar-refractivity contribution in [3.05, 3.63) is 125 Å². The number of carbonyl (C=O) groups is 3. The van der Waals surface area contributed by atoms with Crippen LogP contribution in [0.4, 0.5) is 5.69 Å². The van der Waals surface area contributed by atoms with Crippen LogP contribution in [-0.2, 0) is 10.2 Å². The Kier molecular flexibility index (Phi) is 6.50. The Labute approximate surface area is 254 Å². The smallest absolute Gasteiger partial charge is 0.238 e. The summed E-state index contributed by atoms with van der Waals surface area (Å²) in [6.07, 6.45) is 3.78. The fraction of sp³-hybridized carbons (Fsp3) is 0.194. The summed E-state index contributed by atoms with van der Waals surface area (Å²) >= 11 is 0. The highest BCUT2D eigenvalue weighted by Crippen LogP contribution is 2.62. The first-order chi connectivity index (χ1) is 21.4. The Hall–Kier alpha value is -5.37. The van der Waals surface area contributed by atoms with E-state index >= 15 is 4.79 Å². The summed E-state index contributed by atoms with van der Waals surface area (Å²) in [4.78, 5) is 46.5. The minimum atomic E-state index is -1.46. The zero-order valence-electron chi connectivity index (χ0n) is 24.4. The molecule has 8 nitrogen and oxygen atoms in total. The van der Waals surface area contributed by atoms with Gasteiger partial charge in [0.2, 0.25) is 5.91 Å². The van der Waals surface area contributed by atoms with Gasteiger partial charge in [-0.05, 0) is 59.2 Å². The Balaban J connectivity index is 1.55. The van der Waals surface area contributed by atoms with Gasteiger partial charge in [-0.15, -0.1) is 0 Å². The van der Waals surface area contributed by atoms with Crippen LogP contribution in [0.5, 0.6) is 17.2 Å². The molecule has 4 aromatic carbocycles. The fourth-order valence-corrected chi connectivity index (χ4v) is 7.29. The molecular weight excluding hydrogens is 556 g/mol. The normalized spacial score (nSPS) is 22.6. The molecule has 1 N–H and O–H groups in total. The van der Waals surface area contributed by atoms with Crippen molar-refractivity contribution >= 4 is 29.2 Å². The van der Waals surface area contributed by atoms with Gasteiger partial charge in [-0.2, -0.15) is 0 Å². The van der Waals surface area contributed by atoms with Gasteiger partial charge >= 0.3 is 0 Å². The van der Waals surface area contributed by atoms with Crippen molar-refractivity contribution in [3.8, 4) is 17.2 Å². The molecule has 44 heavy (non-hydrogen) atoms. The largest absolute Gasteiger partial charge is 0.497 e. The molecule has 3 heterocycles. The SMILES string of the molecule is COc1cccc(C(=O)[C@@H]2[C@@H](C(=O)c3cc(OC)ccc3OC)[C@@]3(C(=O)Nc4ccccc43)[C@H]3c4ccccc4C=CN23)c1. The summed E-state index contributed by atoms with van der Waals surface area (Å²) in [6.45, 7) is 0. The monoisotopic (exact) mass is 586 g/mol. The van der Waals surface area contributed by atoms with Crippen LogP contribution in [0.3, 0.4) is 0 Å². The zero-order valence-corrected chi connectivity index (χ0v) is 24.4. The van der Waals surface area contributed by atoms with Gasteiger partial charge in [-0.25, -0.2) is 0 Å². The molecule has 4 aromatic rings. The third kappa shape index (κ3) is 3.80. The number of ketones is 2. The van der Waals surface area contributed by atoms with Crippen LogP contribution in [-0.4, -0.2) is 49.7 Å². The maximum Gasteiger partial charge on any atom is 0.238 e. The molecule has 7 rings (SSSR count). The number of ether oxygens (including phenoxy) is 3. The first-order valence-electron chi connectivity index (χ1n) is 14.3. The number of nitrogens with one attached hydrogen (secondary N) is 1. The quantitative estimate of drug-likeness (QED) is 0.278. The van der Waals surface area contributed by atoms with E-state index in [-0.39, 0.29) is 17.3 Å². The van der Waals surface area contributed by atoms with Crippen LogP contribution >= 0.6 is 0 Å². The van der Waals surface area contributed by atoms with Crippen molar-refractivity contribution in [2.24, 2.45) is 5.92 Å². The lowest BCUT2D eigenvalue weighted by atomic mass is 9.62. The average molecular weight is 587 g/mol. The number of hydrogen-bond acceptors (Lipinski definition) is 7. The van der Waals surface area contributed by atoms with E-state index in [4.69, 9.17) is 14.2 Å². The van der Waals surface area contributed by atoms with Gasteiger partial charge in [0.1, 0.15) is 28.7 Å². The summed E-state index contributed by atoms with van der Waals surface area (Å²) in [5.74, 6) is -0.879. The predicted octanol–water partition coefficient (Wildman–Crippen LogP) is 5.69. The number of carbonyl (C=O) groups excluding carboxylic acids is 3. The third-order valence-electron chi connectivity index (χ3n) is 9.15. The van der Waals surface area contributed by atoms with Crippen LogP contribution < -0.4 is 19.5 Å². The van der Waals surface area contributed by atoms with E-state index in [1.807, 2.05) is 65.7 Å². The number of nitrogens with zero attached hydrogens (tertiary/aromatic N) is 1. The van der Waals surface area contributed by atoms with Crippen molar-refractivity contribution in [2.45, 2.75) is 17.5 Å². The summed E-state index contributed by atoms with van der Waals surface area (Å²) in [5.41, 5.74) is 2.22. The van der Waals surface area contributed by atoms with Gasteiger partial charge in [0.25, 0.3) is 0 Å². The molecule has 1 spiro atoms. The summed E-state index contributed by atoms with van der Waals surface area (Å²) in [7, 11) is 4.54. The maximum atomic E-state index is 15.2. The number of Topliss-reactive ketones (excluding diaryl/α,β-unsaturated/α-hetero) is 2. The lowest BCUT2D eigenvalue weighted by Gasteiger charge is -2.38. The van der Waals surface area contributed by atoms with E-state index in [0.717, 1.165) is 11.1 Å². The van der Waals surface area contributed by atoms with Crippen molar-refractivity contribution < 1.29 is 28.6 Å². The second kappa shape index (κ2) is 10.4. The highest BCUT2D eigenvalue weighted by molar-refractivity contribution is 6.17. The molecule has 0 saturated carbocycles. The van der Waals surface area contributed by atoms with E-state index in [1.165, 1.54) is 21.3 Å². The van der Waals surface area contributed by atoms with Gasteiger partial charge in [-0.3, -0.25) is 14.4 Å². The number of benzene rings is 4. The molecule has 1 amide bonds. The Bertz CT molecular complexity index is 1870. The fourth-order valence-electron chi connectivity index (χ4n) is 7.29. The summed E-state index contributed by atoms with van der Waals surface area (Å²) in [5, 5.41) is 3.07. The molecule has 0 aromatic heterocycles. The number of para-hydroxylation sites is 1. The first kappa shape index (κ1) is 27.5. The van der Waals surface area contributed by atoms with E-state index < -0.39 is 29.2 Å². The standard InChI is InChI=1S/C36H30N2O6/c1-42-23-11-8-10-22(19-23)32(39)31-30(33(40)26-20-24(43-2)15-16-29(26)44-3)36(27-13-6-7-14-28(27)37-35(36)41)34-25-12-5-4-9-21(25)17-18-38(31)34/h4-20,30-31,34H,1-3H3,(H,37,41)/t30-,31-,34+,36+/m0/s1. The van der Waals surface area contributed by atoms with E-state index in [2.05, 4.69) is 5.32 Å². The topological polar surface area (TPSA) is 94.2 Å². The van der Waals surface area contributed by atoms with Crippen molar-refractivity contribution in [2.75, 3.05) is 26.6 Å². The number of rotatable bonds is 7. The Morgan fingerprint density at radius 1 is 0.795 bits per heavy atom. The van der Waals surface area contributed by atoms with Gasteiger partial charge in [0.05, 0.1) is 38.9 Å². The first-order valence-corrected chi connectivity index (χ1v) is 14.3. The number of hydrogen-bond donors (Lipinski definition) is 1. The number of amides is 1. The van der Waals surface area contributed by atoms with Crippen molar-refractivity contribution in [1.29, 1.82) is 0 Å². The molecule has 0 unspecified atom stereocenters. The average Bonchev–Trinajstić information content (AvgIpc) is 3.55. The summed E-state index contributed by atoms with van der Waals surface area (Å²) in [6, 6.07) is 25.4. The Morgan fingerprint density at radius 3 is 2.34 bits per heavy atom. The molecule has 220 valence electrons. The molecule has 3 aliphatic rings. The minimum Gasteiger partial charge on any atom is -0.497 e. The molecule has 0 aliphatic carbocycles. The van der Waals surface area contributed by atoms with Crippen LogP contribution in [0.15, 0.2) is 97.2 Å². The number of fused-ring (bicyclic) bond motifs is 6. The summed E-state index contributed by atoms with van der Waals surface area (Å²) < 4.78 is 16.6. The third-order valence-corrected chi connectivity index (χ3v) is 9.15. The molecule has 3 aliphatic heterocycles. The molecule has 4 atom stereocenters. The molecule has 1 fully saturated rings.